The Balaban J connectivity index is 1.66. The minimum Gasteiger partial charge on any atom is -0.369 e. The van der Waals surface area contributed by atoms with Gasteiger partial charge in [0.15, 0.2) is 0 Å². The van der Waals surface area contributed by atoms with Crippen LogP contribution in [0.3, 0.4) is 0 Å². The molecule has 0 saturated carbocycles. The second kappa shape index (κ2) is 8.42. The highest BCUT2D eigenvalue weighted by atomic mass is 35.5. The molecular weight excluding hydrogens is 400 g/mol. The number of anilines is 2. The zero-order valence-corrected chi connectivity index (χ0v) is 16.1. The standard InChI is InChI=1S/C18H17Cl3FN3O/c19-13-8-12(3-4-16(13)22)24-18(26)11-2-1-6-25(7-5-11)17-14(20)9-23-10-15(17)21/h3-4,8-11H,1-2,5-7H2,(H,24,26). The summed E-state index contributed by atoms with van der Waals surface area (Å²) < 4.78 is 13.2. The fraction of sp³-hybridized carbons (Fsp3) is 0.333. The first-order valence-electron chi connectivity index (χ1n) is 8.25. The molecule has 1 fully saturated rings. The maximum atomic E-state index is 13.2. The van der Waals surface area contributed by atoms with Gasteiger partial charge < -0.3 is 10.2 Å². The molecule has 1 N–H and O–H groups in total. The number of carbonyl (C=O) groups is 1. The number of hydrogen-bond donors (Lipinski definition) is 1. The normalized spacial score (nSPS) is 17.7. The lowest BCUT2D eigenvalue weighted by molar-refractivity contribution is -0.120. The van der Waals surface area contributed by atoms with Crippen molar-refractivity contribution in [2.45, 2.75) is 19.3 Å². The van der Waals surface area contributed by atoms with E-state index in [0.717, 1.165) is 25.1 Å². The van der Waals surface area contributed by atoms with E-state index in [9.17, 15) is 9.18 Å². The van der Waals surface area contributed by atoms with E-state index in [4.69, 9.17) is 34.8 Å². The van der Waals surface area contributed by atoms with E-state index >= 15 is 0 Å². The number of carbonyl (C=O) groups excluding carboxylic acids is 1. The summed E-state index contributed by atoms with van der Waals surface area (Å²) in [6.07, 6.45) is 5.37. The van der Waals surface area contributed by atoms with Gasteiger partial charge in [-0.1, -0.05) is 34.8 Å². The fourth-order valence-corrected chi connectivity index (χ4v) is 3.89. The number of hydrogen-bond acceptors (Lipinski definition) is 3. The molecule has 0 aliphatic carbocycles. The third-order valence-electron chi connectivity index (χ3n) is 4.43. The van der Waals surface area contributed by atoms with Gasteiger partial charge in [0.1, 0.15) is 5.82 Å². The Morgan fingerprint density at radius 2 is 1.85 bits per heavy atom. The number of pyridine rings is 1. The molecule has 2 heterocycles. The molecule has 0 bridgehead atoms. The molecule has 1 aromatic heterocycles. The molecule has 26 heavy (non-hydrogen) atoms. The van der Waals surface area contributed by atoms with Gasteiger partial charge in [0, 0.05) is 37.1 Å². The number of amides is 1. The second-order valence-electron chi connectivity index (χ2n) is 6.18. The van der Waals surface area contributed by atoms with Crippen LogP contribution in [0.4, 0.5) is 15.8 Å². The van der Waals surface area contributed by atoms with E-state index in [1.807, 2.05) is 0 Å². The van der Waals surface area contributed by atoms with Crippen LogP contribution in [0, 0.1) is 11.7 Å². The molecule has 1 aliphatic rings. The van der Waals surface area contributed by atoms with Crippen LogP contribution in [-0.2, 0) is 4.79 Å². The first-order valence-corrected chi connectivity index (χ1v) is 9.39. The number of halogens is 4. The topological polar surface area (TPSA) is 45.2 Å². The predicted molar refractivity (Wildman–Crippen MR) is 104 cm³/mol. The lowest BCUT2D eigenvalue weighted by Crippen LogP contribution is -2.27. The summed E-state index contributed by atoms with van der Waals surface area (Å²) in [7, 11) is 0. The monoisotopic (exact) mass is 415 g/mol. The highest BCUT2D eigenvalue weighted by molar-refractivity contribution is 6.38. The Morgan fingerprint density at radius 1 is 1.12 bits per heavy atom. The van der Waals surface area contributed by atoms with E-state index in [0.29, 0.717) is 28.7 Å². The maximum Gasteiger partial charge on any atom is 0.227 e. The Morgan fingerprint density at radius 3 is 2.54 bits per heavy atom. The van der Waals surface area contributed by atoms with Crippen molar-refractivity contribution in [1.29, 1.82) is 0 Å². The lowest BCUT2D eigenvalue weighted by atomic mass is 10.00. The summed E-state index contributed by atoms with van der Waals surface area (Å²) in [4.78, 5) is 18.6. The average molecular weight is 417 g/mol. The van der Waals surface area contributed by atoms with Crippen molar-refractivity contribution >= 4 is 52.1 Å². The van der Waals surface area contributed by atoms with E-state index < -0.39 is 5.82 Å². The van der Waals surface area contributed by atoms with Gasteiger partial charge in [-0.3, -0.25) is 9.78 Å². The maximum absolute atomic E-state index is 13.2. The molecule has 0 spiro atoms. The predicted octanol–water partition coefficient (Wildman–Crippen LogP) is 5.43. The molecule has 1 atom stereocenters. The third kappa shape index (κ3) is 4.40. The Labute approximate surface area is 166 Å². The number of aromatic nitrogens is 1. The summed E-state index contributed by atoms with van der Waals surface area (Å²) in [5.41, 5.74) is 1.25. The van der Waals surface area contributed by atoms with Gasteiger partial charge in [-0.05, 0) is 37.5 Å². The van der Waals surface area contributed by atoms with E-state index in [-0.39, 0.29) is 16.8 Å². The summed E-state index contributed by atoms with van der Waals surface area (Å²) in [5, 5.41) is 3.80. The van der Waals surface area contributed by atoms with Crippen LogP contribution in [0.15, 0.2) is 30.6 Å². The zero-order chi connectivity index (χ0) is 18.7. The minimum atomic E-state index is -0.513. The van der Waals surface area contributed by atoms with Gasteiger partial charge in [-0.15, -0.1) is 0 Å². The molecule has 1 aliphatic heterocycles. The highest BCUT2D eigenvalue weighted by Gasteiger charge is 2.25. The van der Waals surface area contributed by atoms with Gasteiger partial charge in [0.25, 0.3) is 0 Å². The van der Waals surface area contributed by atoms with Gasteiger partial charge in [-0.2, -0.15) is 0 Å². The third-order valence-corrected chi connectivity index (χ3v) is 5.27. The first-order chi connectivity index (χ1) is 12.5. The largest absolute Gasteiger partial charge is 0.369 e. The summed E-state index contributed by atoms with van der Waals surface area (Å²) in [6, 6.07) is 4.15. The number of nitrogens with one attached hydrogen (secondary N) is 1. The summed E-state index contributed by atoms with van der Waals surface area (Å²) >= 11 is 18.2. The van der Waals surface area contributed by atoms with Crippen LogP contribution in [0.25, 0.3) is 0 Å². The minimum absolute atomic E-state index is 0.0168. The van der Waals surface area contributed by atoms with Gasteiger partial charge in [0.05, 0.1) is 20.8 Å². The molecular formula is C18H17Cl3FN3O. The van der Waals surface area contributed by atoms with Crippen molar-refractivity contribution in [2.75, 3.05) is 23.3 Å². The van der Waals surface area contributed by atoms with Crippen LogP contribution < -0.4 is 10.2 Å². The van der Waals surface area contributed by atoms with Crippen LogP contribution in [0.5, 0.6) is 0 Å². The average Bonchev–Trinajstić information content (AvgIpc) is 2.84. The van der Waals surface area contributed by atoms with Crippen LogP contribution >= 0.6 is 34.8 Å². The lowest BCUT2D eigenvalue weighted by Gasteiger charge is -2.24. The van der Waals surface area contributed by atoms with Crippen molar-refractivity contribution in [2.24, 2.45) is 5.92 Å². The first kappa shape index (κ1) is 19.2. The smallest absolute Gasteiger partial charge is 0.227 e. The molecule has 1 unspecified atom stereocenters. The summed E-state index contributed by atoms with van der Waals surface area (Å²) in [6.45, 7) is 1.42. The van der Waals surface area contributed by atoms with Gasteiger partial charge in [0.2, 0.25) is 5.91 Å². The zero-order valence-electron chi connectivity index (χ0n) is 13.8. The molecule has 2 aromatic rings. The van der Waals surface area contributed by atoms with Gasteiger partial charge in [-0.25, -0.2) is 4.39 Å². The van der Waals surface area contributed by atoms with Gasteiger partial charge >= 0.3 is 0 Å². The summed E-state index contributed by atoms with van der Waals surface area (Å²) in [5.74, 6) is -0.759. The Kier molecular flexibility index (Phi) is 6.22. The molecule has 3 rings (SSSR count). The number of nitrogens with zero attached hydrogens (tertiary/aromatic N) is 2. The Bertz CT molecular complexity index is 798. The van der Waals surface area contributed by atoms with Crippen LogP contribution in [-0.4, -0.2) is 24.0 Å². The van der Waals surface area contributed by atoms with Crippen molar-refractivity contribution in [1.82, 2.24) is 4.98 Å². The Hall–Kier alpha value is -1.56. The molecule has 1 saturated heterocycles. The van der Waals surface area contributed by atoms with Crippen molar-refractivity contribution in [3.63, 3.8) is 0 Å². The van der Waals surface area contributed by atoms with Crippen LogP contribution in [0.1, 0.15) is 19.3 Å². The second-order valence-corrected chi connectivity index (χ2v) is 7.41. The molecule has 1 amide bonds. The molecule has 0 radical (unpaired) electrons. The van der Waals surface area contributed by atoms with E-state index in [1.165, 1.54) is 18.2 Å². The number of rotatable bonds is 3. The SMILES string of the molecule is O=C(Nc1ccc(F)c(Cl)c1)C1CCCN(c2c(Cl)cncc2Cl)CC1. The van der Waals surface area contributed by atoms with E-state index in [1.54, 1.807) is 12.4 Å². The number of benzene rings is 1. The van der Waals surface area contributed by atoms with Crippen molar-refractivity contribution < 1.29 is 9.18 Å². The molecule has 138 valence electrons. The fourth-order valence-electron chi connectivity index (χ4n) is 3.11. The van der Waals surface area contributed by atoms with E-state index in [2.05, 4.69) is 15.2 Å². The highest BCUT2D eigenvalue weighted by Crippen LogP contribution is 2.34. The molecule has 4 nitrogen and oxygen atoms in total. The van der Waals surface area contributed by atoms with Crippen molar-refractivity contribution in [3.05, 3.63) is 51.5 Å². The quantitative estimate of drug-likeness (QED) is 0.726. The molecule has 8 heteroatoms. The molecule has 1 aromatic carbocycles. The van der Waals surface area contributed by atoms with Crippen molar-refractivity contribution in [3.8, 4) is 0 Å². The van der Waals surface area contributed by atoms with Crippen LogP contribution in [0.2, 0.25) is 15.1 Å².